The van der Waals surface area contributed by atoms with Gasteiger partial charge in [0.25, 0.3) is 0 Å². The van der Waals surface area contributed by atoms with Crippen LogP contribution in [0.25, 0.3) is 75.1 Å². The van der Waals surface area contributed by atoms with Gasteiger partial charge in [-0.25, -0.2) is 0 Å². The van der Waals surface area contributed by atoms with E-state index >= 15 is 0 Å². The fourth-order valence-corrected chi connectivity index (χ4v) is 8.59. The zero-order chi connectivity index (χ0) is 27.2. The normalized spacial score (nSPS) is 11.4. The summed E-state index contributed by atoms with van der Waals surface area (Å²) in [5.41, 5.74) is 10.9. The first-order valence-corrected chi connectivity index (χ1v) is 15.5. The van der Waals surface area contributed by atoms with Crippen molar-refractivity contribution in [3.63, 3.8) is 0 Å². The Balaban J connectivity index is 1.33. The van der Waals surface area contributed by atoms with Gasteiger partial charge in [-0.15, -0.1) is 0 Å². The number of hydrogen-bond donors (Lipinski definition) is 0. The van der Waals surface area contributed by atoms with E-state index in [4.69, 9.17) is 9.97 Å². The average Bonchev–Trinajstić information content (AvgIpc) is 3.44. The van der Waals surface area contributed by atoms with Crippen molar-refractivity contribution >= 4 is 44.8 Å². The van der Waals surface area contributed by atoms with Crippen molar-refractivity contribution in [2.75, 3.05) is 0 Å². The second-order valence-corrected chi connectivity index (χ2v) is 12.3. The summed E-state index contributed by atoms with van der Waals surface area (Å²) in [4.78, 5) is 10.4. The van der Waals surface area contributed by atoms with E-state index in [1.54, 1.807) is 0 Å². The van der Waals surface area contributed by atoms with Crippen LogP contribution in [0, 0.1) is 0 Å². The van der Waals surface area contributed by atoms with Crippen LogP contribution in [-0.2, 0) is 0 Å². The fourth-order valence-electron chi connectivity index (χ4n) is 5.71. The van der Waals surface area contributed by atoms with E-state index in [-0.39, 0.29) is 14.5 Å². The molecule has 0 N–H and O–H groups in total. The minimum absolute atomic E-state index is 0.195. The Morgan fingerprint density at radius 2 is 0.854 bits per heavy atom. The van der Waals surface area contributed by atoms with E-state index in [0.717, 1.165) is 33.5 Å². The van der Waals surface area contributed by atoms with Crippen molar-refractivity contribution in [2.24, 2.45) is 0 Å². The van der Waals surface area contributed by atoms with E-state index < -0.39 is 0 Å². The monoisotopic (exact) mass is 588 g/mol. The van der Waals surface area contributed by atoms with E-state index in [1.165, 1.54) is 41.5 Å². The van der Waals surface area contributed by atoms with Crippen LogP contribution in [0.3, 0.4) is 0 Å². The van der Waals surface area contributed by atoms with Gasteiger partial charge in [0.05, 0.1) is 0 Å². The molecule has 0 aliphatic rings. The van der Waals surface area contributed by atoms with Crippen molar-refractivity contribution < 1.29 is 0 Å². The predicted molar refractivity (Wildman–Crippen MR) is 173 cm³/mol. The van der Waals surface area contributed by atoms with Crippen LogP contribution in [-0.4, -0.2) is 24.5 Å². The molecule has 2 nitrogen and oxygen atoms in total. The molecule has 0 aliphatic carbocycles. The van der Waals surface area contributed by atoms with Crippen LogP contribution >= 0.6 is 0 Å². The zero-order valence-corrected chi connectivity index (χ0v) is 23.9. The van der Waals surface area contributed by atoms with Gasteiger partial charge in [0.15, 0.2) is 0 Å². The van der Waals surface area contributed by atoms with Gasteiger partial charge in [0.1, 0.15) is 0 Å². The summed E-state index contributed by atoms with van der Waals surface area (Å²) in [5.74, 6) is 0. The summed E-state index contributed by atoms with van der Waals surface area (Å²) in [6.45, 7) is 0. The molecule has 2 heterocycles. The average molecular weight is 588 g/mol. The van der Waals surface area contributed by atoms with Crippen molar-refractivity contribution in [1.29, 1.82) is 0 Å². The molecule has 41 heavy (non-hydrogen) atoms. The van der Waals surface area contributed by atoms with Crippen LogP contribution < -0.4 is 0 Å². The number of fused-ring (bicyclic) bond motifs is 4. The zero-order valence-electron chi connectivity index (χ0n) is 22.2. The Morgan fingerprint density at radius 1 is 0.366 bits per heavy atom. The van der Waals surface area contributed by atoms with Crippen molar-refractivity contribution in [1.82, 2.24) is 9.97 Å². The van der Waals surface area contributed by atoms with Crippen LogP contribution in [0.1, 0.15) is 0 Å². The summed E-state index contributed by atoms with van der Waals surface area (Å²) in [5, 5.41) is 2.72. The fraction of sp³-hybridized carbons (Fsp3) is 0. The third-order valence-electron chi connectivity index (χ3n) is 7.68. The molecule has 0 spiro atoms. The van der Waals surface area contributed by atoms with Crippen LogP contribution in [0.15, 0.2) is 146 Å². The molecule has 8 aromatic rings. The number of rotatable bonds is 4. The quantitative estimate of drug-likeness (QED) is 0.192. The Morgan fingerprint density at radius 3 is 1.41 bits per heavy atom. The third kappa shape index (κ3) is 4.19. The van der Waals surface area contributed by atoms with Gasteiger partial charge in [-0.3, -0.25) is 0 Å². The molecule has 0 aliphatic heterocycles. The second kappa shape index (κ2) is 9.98. The molecule has 6 aromatic carbocycles. The van der Waals surface area contributed by atoms with Crippen LogP contribution in [0.4, 0.5) is 0 Å². The van der Waals surface area contributed by atoms with Crippen molar-refractivity contribution in [3.05, 3.63) is 146 Å². The van der Waals surface area contributed by atoms with E-state index in [9.17, 15) is 0 Å². The molecule has 0 amide bonds. The van der Waals surface area contributed by atoms with Gasteiger partial charge in [0.2, 0.25) is 0 Å². The predicted octanol–water partition coefficient (Wildman–Crippen LogP) is 9.66. The molecule has 0 bridgehead atoms. The van der Waals surface area contributed by atoms with Crippen molar-refractivity contribution in [3.8, 4) is 44.8 Å². The summed E-state index contributed by atoms with van der Waals surface area (Å²) in [6.07, 6.45) is 0. The Labute approximate surface area is 244 Å². The first kappa shape index (κ1) is 24.0. The molecule has 0 fully saturated rings. The Hall–Kier alpha value is -4.82. The van der Waals surface area contributed by atoms with Gasteiger partial charge in [-0.1, -0.05) is 0 Å². The molecule has 3 heteroatoms. The van der Waals surface area contributed by atoms with Crippen LogP contribution in [0.5, 0.6) is 0 Å². The van der Waals surface area contributed by atoms with Crippen molar-refractivity contribution in [2.45, 2.75) is 0 Å². The SMILES string of the molecule is c1ccc(-c2nc3ccc(-c4cccc5c4[se]c4c(-c6ccccc6)cccc45)cc3nc2-c2ccccc2)cc1. The molecular formula is C38H24N2Se. The standard InChI is InChI=1S/C38H24N2Se/c1-4-12-25(13-5-1)29-18-10-20-31-32-21-11-19-30(38(32)41-37(29)31)28-22-23-33-34(24-28)40-36(27-16-8-3-9-17-27)35(39-33)26-14-6-2-7-15-26/h1-24H. The number of benzene rings is 6. The molecule has 0 saturated carbocycles. The summed E-state index contributed by atoms with van der Waals surface area (Å²) in [6, 6.07) is 51.5. The summed E-state index contributed by atoms with van der Waals surface area (Å²) in [7, 11) is 0. The topological polar surface area (TPSA) is 25.8 Å². The molecule has 0 atom stereocenters. The first-order chi connectivity index (χ1) is 20.3. The Bertz CT molecular complexity index is 2180. The minimum atomic E-state index is 0.195. The molecule has 8 rings (SSSR count). The number of hydrogen-bond acceptors (Lipinski definition) is 2. The molecule has 0 radical (unpaired) electrons. The summed E-state index contributed by atoms with van der Waals surface area (Å²) >= 11 is 0.195. The summed E-state index contributed by atoms with van der Waals surface area (Å²) < 4.78 is 2.91. The van der Waals surface area contributed by atoms with E-state index in [1.807, 2.05) is 12.1 Å². The van der Waals surface area contributed by atoms with Gasteiger partial charge in [-0.05, 0) is 0 Å². The molecule has 2 aromatic heterocycles. The number of nitrogens with zero attached hydrogens (tertiary/aromatic N) is 2. The number of aromatic nitrogens is 2. The molecule has 0 saturated heterocycles. The van der Waals surface area contributed by atoms with E-state index in [0.29, 0.717) is 0 Å². The van der Waals surface area contributed by atoms with Gasteiger partial charge in [0, 0.05) is 0 Å². The molecule has 0 unspecified atom stereocenters. The molecule has 192 valence electrons. The molecular weight excluding hydrogens is 563 g/mol. The van der Waals surface area contributed by atoms with Gasteiger partial charge in [-0.2, -0.15) is 0 Å². The third-order valence-corrected chi connectivity index (χ3v) is 10.4. The van der Waals surface area contributed by atoms with E-state index in [2.05, 4.69) is 133 Å². The maximum atomic E-state index is 5.24. The first-order valence-electron chi connectivity index (χ1n) is 13.8. The van der Waals surface area contributed by atoms with Gasteiger partial charge < -0.3 is 0 Å². The van der Waals surface area contributed by atoms with Gasteiger partial charge >= 0.3 is 245 Å². The Kier molecular flexibility index (Phi) is 5.84. The second-order valence-electron chi connectivity index (χ2n) is 10.2. The maximum absolute atomic E-state index is 5.24. The van der Waals surface area contributed by atoms with Crippen LogP contribution in [0.2, 0.25) is 0 Å².